The number of anilines is 1. The minimum atomic E-state index is -0.489. The molecule has 126 valence electrons. The van der Waals surface area contributed by atoms with Gasteiger partial charge in [0, 0.05) is 12.1 Å². The minimum absolute atomic E-state index is 0.0665. The van der Waals surface area contributed by atoms with Crippen LogP contribution in [-0.2, 0) is 4.79 Å². The quantitative estimate of drug-likeness (QED) is 0.570. The normalized spacial score (nSPS) is 16.0. The van der Waals surface area contributed by atoms with E-state index in [4.69, 9.17) is 5.73 Å². The van der Waals surface area contributed by atoms with Gasteiger partial charge in [-0.1, -0.05) is 54.9 Å². The van der Waals surface area contributed by atoms with E-state index in [1.54, 1.807) is 0 Å². The number of nitrogens with two attached hydrogens (primary N) is 1. The van der Waals surface area contributed by atoms with Crippen molar-refractivity contribution in [1.82, 2.24) is 15.3 Å². The molecular formula is C17H20N4O2S. The Bertz CT molecular complexity index is 757. The van der Waals surface area contributed by atoms with Crippen LogP contribution in [0.15, 0.2) is 46.3 Å². The summed E-state index contributed by atoms with van der Waals surface area (Å²) in [5.41, 5.74) is 6.18. The van der Waals surface area contributed by atoms with Crippen molar-refractivity contribution in [2.45, 2.75) is 42.1 Å². The second kappa shape index (κ2) is 7.53. The molecule has 7 heteroatoms. The van der Waals surface area contributed by atoms with Gasteiger partial charge in [0.05, 0.1) is 0 Å². The number of thioether (sulfide) groups is 1. The van der Waals surface area contributed by atoms with Crippen LogP contribution in [0.4, 0.5) is 5.82 Å². The van der Waals surface area contributed by atoms with Crippen LogP contribution in [-0.4, -0.2) is 21.9 Å². The fourth-order valence-electron chi connectivity index (χ4n) is 2.87. The zero-order valence-corrected chi connectivity index (χ0v) is 14.0. The maximum atomic E-state index is 12.8. The van der Waals surface area contributed by atoms with E-state index in [-0.39, 0.29) is 23.3 Å². The number of aromatic amines is 1. The average Bonchev–Trinajstić information content (AvgIpc) is 3.05. The number of nitrogen functional groups attached to an aromatic ring is 1. The summed E-state index contributed by atoms with van der Waals surface area (Å²) in [6.07, 6.45) is 4.34. The highest BCUT2D eigenvalue weighted by Gasteiger charge is 2.26. The predicted octanol–water partition coefficient (Wildman–Crippen LogP) is 2.24. The fraction of sp³-hybridized carbons (Fsp3) is 0.353. The fourth-order valence-corrected chi connectivity index (χ4v) is 3.88. The summed E-state index contributed by atoms with van der Waals surface area (Å²) < 4.78 is 0. The lowest BCUT2D eigenvalue weighted by molar-refractivity contribution is -0.121. The monoisotopic (exact) mass is 344 g/mol. The number of aromatic nitrogens is 2. The third-order valence-corrected chi connectivity index (χ3v) is 5.15. The van der Waals surface area contributed by atoms with Gasteiger partial charge in [-0.25, -0.2) is 4.98 Å². The number of rotatable bonds is 5. The molecule has 24 heavy (non-hydrogen) atoms. The van der Waals surface area contributed by atoms with E-state index in [0.29, 0.717) is 5.16 Å². The first kappa shape index (κ1) is 16.6. The van der Waals surface area contributed by atoms with Crippen LogP contribution < -0.4 is 16.6 Å². The van der Waals surface area contributed by atoms with Crippen molar-refractivity contribution in [2.24, 2.45) is 0 Å². The Balaban J connectivity index is 1.84. The third kappa shape index (κ3) is 4.17. The molecule has 6 nitrogen and oxygen atoms in total. The maximum absolute atomic E-state index is 12.8. The molecule has 1 aliphatic carbocycles. The molecule has 1 amide bonds. The number of nitrogens with one attached hydrogen (secondary N) is 2. The van der Waals surface area contributed by atoms with Crippen molar-refractivity contribution >= 4 is 23.5 Å². The van der Waals surface area contributed by atoms with Crippen LogP contribution in [0.2, 0.25) is 0 Å². The SMILES string of the molecule is Nc1cc(=O)[nH]c(S[C@@H](C(=O)NC2CCCC2)c2ccccc2)n1. The summed E-state index contributed by atoms with van der Waals surface area (Å²) in [5, 5.41) is 2.97. The summed E-state index contributed by atoms with van der Waals surface area (Å²) in [4.78, 5) is 31.1. The Hall–Kier alpha value is -2.28. The van der Waals surface area contributed by atoms with Crippen LogP contribution in [0.1, 0.15) is 36.5 Å². The topological polar surface area (TPSA) is 101 Å². The first-order valence-corrected chi connectivity index (χ1v) is 8.88. The highest BCUT2D eigenvalue weighted by molar-refractivity contribution is 8.00. The minimum Gasteiger partial charge on any atom is -0.383 e. The molecule has 1 aliphatic rings. The molecule has 2 aromatic rings. The van der Waals surface area contributed by atoms with E-state index in [1.807, 2.05) is 30.3 Å². The molecule has 1 fully saturated rings. The van der Waals surface area contributed by atoms with Gasteiger partial charge >= 0.3 is 0 Å². The van der Waals surface area contributed by atoms with Crippen LogP contribution in [0, 0.1) is 0 Å². The lowest BCUT2D eigenvalue weighted by Gasteiger charge is -2.19. The number of amides is 1. The lowest BCUT2D eigenvalue weighted by atomic mass is 10.1. The van der Waals surface area contributed by atoms with Crippen molar-refractivity contribution < 1.29 is 4.79 Å². The lowest BCUT2D eigenvalue weighted by Crippen LogP contribution is -2.35. The van der Waals surface area contributed by atoms with E-state index in [1.165, 1.54) is 17.8 Å². The van der Waals surface area contributed by atoms with Crippen molar-refractivity contribution in [3.05, 3.63) is 52.3 Å². The molecule has 0 bridgehead atoms. The Morgan fingerprint density at radius 2 is 2.00 bits per heavy atom. The molecule has 1 aromatic carbocycles. The highest BCUT2D eigenvalue weighted by atomic mass is 32.2. The molecule has 0 radical (unpaired) electrons. The molecule has 0 saturated heterocycles. The molecular weight excluding hydrogens is 324 g/mol. The van der Waals surface area contributed by atoms with Crippen LogP contribution >= 0.6 is 11.8 Å². The van der Waals surface area contributed by atoms with Gasteiger partial charge in [0.1, 0.15) is 11.1 Å². The average molecular weight is 344 g/mol. The van der Waals surface area contributed by atoms with Gasteiger partial charge in [0.15, 0.2) is 5.16 Å². The summed E-state index contributed by atoms with van der Waals surface area (Å²) in [7, 11) is 0. The number of hydrogen-bond acceptors (Lipinski definition) is 5. The van der Waals surface area contributed by atoms with Gasteiger partial charge in [-0.2, -0.15) is 0 Å². The van der Waals surface area contributed by atoms with Crippen LogP contribution in [0.3, 0.4) is 0 Å². The van der Waals surface area contributed by atoms with Crippen molar-refractivity contribution in [3.8, 4) is 0 Å². The molecule has 1 atom stereocenters. The standard InChI is InChI=1S/C17H20N4O2S/c18-13-10-14(22)21-17(20-13)24-15(11-6-2-1-3-7-11)16(23)19-12-8-4-5-9-12/h1-3,6-7,10,12,15H,4-5,8-9H2,(H,19,23)(H3,18,20,21,22)/t15-/m1/s1. The van der Waals surface area contributed by atoms with Gasteiger partial charge < -0.3 is 16.0 Å². The van der Waals surface area contributed by atoms with E-state index in [9.17, 15) is 9.59 Å². The largest absolute Gasteiger partial charge is 0.383 e. The van der Waals surface area contributed by atoms with Gasteiger partial charge in [0.25, 0.3) is 5.56 Å². The number of carbonyl (C=O) groups is 1. The first-order valence-electron chi connectivity index (χ1n) is 8.00. The number of benzene rings is 1. The van der Waals surface area contributed by atoms with Crippen LogP contribution in [0.25, 0.3) is 0 Å². The van der Waals surface area contributed by atoms with Crippen molar-refractivity contribution in [3.63, 3.8) is 0 Å². The third-order valence-electron chi connectivity index (χ3n) is 4.01. The zero-order chi connectivity index (χ0) is 16.9. The van der Waals surface area contributed by atoms with Gasteiger partial charge in [-0.05, 0) is 18.4 Å². The molecule has 0 unspecified atom stereocenters. The van der Waals surface area contributed by atoms with Crippen LogP contribution in [0.5, 0.6) is 0 Å². The smallest absolute Gasteiger partial charge is 0.253 e. The van der Waals surface area contributed by atoms with E-state index in [2.05, 4.69) is 15.3 Å². The second-order valence-corrected chi connectivity index (χ2v) is 6.97. The van der Waals surface area contributed by atoms with Gasteiger partial charge in [-0.15, -0.1) is 0 Å². The Labute approximate surface area is 144 Å². The number of nitrogens with zero attached hydrogens (tertiary/aromatic N) is 1. The summed E-state index contributed by atoms with van der Waals surface area (Å²) in [5.74, 6) is 0.0763. The summed E-state index contributed by atoms with van der Waals surface area (Å²) in [6.45, 7) is 0. The van der Waals surface area contributed by atoms with E-state index in [0.717, 1.165) is 31.2 Å². The number of hydrogen-bond donors (Lipinski definition) is 3. The molecule has 0 aliphatic heterocycles. The second-order valence-electron chi connectivity index (χ2n) is 5.87. The van der Waals surface area contributed by atoms with Gasteiger partial charge in [-0.3, -0.25) is 9.59 Å². The Kier molecular flexibility index (Phi) is 5.20. The molecule has 0 spiro atoms. The molecule has 1 aromatic heterocycles. The van der Waals surface area contributed by atoms with Crippen molar-refractivity contribution in [1.29, 1.82) is 0 Å². The summed E-state index contributed by atoms with van der Waals surface area (Å²) >= 11 is 1.20. The molecule has 3 rings (SSSR count). The highest BCUT2D eigenvalue weighted by Crippen LogP contribution is 2.34. The Morgan fingerprint density at radius 1 is 1.29 bits per heavy atom. The molecule has 1 saturated carbocycles. The molecule has 4 N–H and O–H groups in total. The maximum Gasteiger partial charge on any atom is 0.253 e. The zero-order valence-electron chi connectivity index (χ0n) is 13.2. The summed E-state index contributed by atoms with van der Waals surface area (Å²) in [6, 6.07) is 10.9. The molecule has 1 heterocycles. The van der Waals surface area contributed by atoms with E-state index >= 15 is 0 Å². The van der Waals surface area contributed by atoms with Crippen molar-refractivity contribution in [2.75, 3.05) is 5.73 Å². The first-order chi connectivity index (χ1) is 11.6. The number of carbonyl (C=O) groups excluding carboxylic acids is 1. The predicted molar refractivity (Wildman–Crippen MR) is 94.7 cm³/mol. The Morgan fingerprint density at radius 3 is 2.67 bits per heavy atom. The van der Waals surface area contributed by atoms with Gasteiger partial charge in [0.2, 0.25) is 5.91 Å². The number of H-pyrrole nitrogens is 1. The van der Waals surface area contributed by atoms with E-state index < -0.39 is 5.25 Å².